The van der Waals surface area contributed by atoms with E-state index in [1.807, 2.05) is 115 Å². The van der Waals surface area contributed by atoms with Gasteiger partial charge >= 0.3 is 0 Å². The molecule has 0 heterocycles. The predicted octanol–water partition coefficient (Wildman–Crippen LogP) is 5.54. The standard InChI is InChI=1S/2C8H7.C6H5.Ta/c2*1-2-4-6-8-7-5-3-1;1-2-4-6-5-3-1;/h2*1-7H;1-5H;/q3*-1;. The van der Waals surface area contributed by atoms with E-state index in [4.69, 9.17) is 0 Å². The normalized spacial score (nSPS) is 13.2. The minimum Gasteiger partial charge on any atom is -0.184 e. The monoisotopic (exact) mass is 464 g/mol. The van der Waals surface area contributed by atoms with Gasteiger partial charge in [0.05, 0.1) is 0 Å². The van der Waals surface area contributed by atoms with Crippen molar-refractivity contribution in [1.29, 1.82) is 0 Å². The van der Waals surface area contributed by atoms with Crippen LogP contribution in [0.15, 0.2) is 115 Å². The van der Waals surface area contributed by atoms with Crippen LogP contribution in [0.4, 0.5) is 0 Å². The molecule has 2 aliphatic carbocycles. The third-order valence-electron chi connectivity index (χ3n) is 2.27. The summed E-state index contributed by atoms with van der Waals surface area (Å²) in [5.41, 5.74) is 0. The van der Waals surface area contributed by atoms with Crippen LogP contribution in [0, 0.1) is 18.2 Å². The third-order valence-corrected chi connectivity index (χ3v) is 2.27. The molecular formula is C22H19Ta-3. The zero-order chi connectivity index (χ0) is 15.6. The molecule has 0 N–H and O–H groups in total. The molecule has 0 spiro atoms. The Labute approximate surface area is 155 Å². The van der Waals surface area contributed by atoms with Gasteiger partial charge in [-0.05, 0) is 0 Å². The van der Waals surface area contributed by atoms with E-state index in [0.717, 1.165) is 0 Å². The summed E-state index contributed by atoms with van der Waals surface area (Å²) in [5.74, 6) is 0. The number of rotatable bonds is 0. The second kappa shape index (κ2) is 17.9. The second-order valence-corrected chi connectivity index (χ2v) is 4.00. The first kappa shape index (κ1) is 20.9. The van der Waals surface area contributed by atoms with Crippen LogP contribution in [0.3, 0.4) is 0 Å². The summed E-state index contributed by atoms with van der Waals surface area (Å²) in [7, 11) is 0. The summed E-state index contributed by atoms with van der Waals surface area (Å²) in [6.45, 7) is 0. The van der Waals surface area contributed by atoms with Gasteiger partial charge in [-0.1, -0.05) is 12.2 Å². The molecular weight excluding hydrogens is 445 g/mol. The zero-order valence-corrected chi connectivity index (χ0v) is 16.1. The Hall–Kier alpha value is -2.12. The van der Waals surface area contributed by atoms with Crippen molar-refractivity contribution in [3.63, 3.8) is 0 Å². The predicted molar refractivity (Wildman–Crippen MR) is 95.7 cm³/mol. The van der Waals surface area contributed by atoms with Gasteiger partial charge in [0.1, 0.15) is 0 Å². The summed E-state index contributed by atoms with van der Waals surface area (Å²) < 4.78 is 0. The first-order valence-corrected chi connectivity index (χ1v) is 7.07. The molecule has 0 saturated carbocycles. The molecule has 0 aromatic heterocycles. The SMILES string of the molecule is [C-]1=CC=CC=CC=C1.[C-]1=CC=CC=CC=C1.[Ta].[c-]1ccccc1. The molecule has 23 heavy (non-hydrogen) atoms. The molecule has 3 rings (SSSR count). The molecule has 1 aromatic rings. The van der Waals surface area contributed by atoms with E-state index in [9.17, 15) is 0 Å². The van der Waals surface area contributed by atoms with Crippen molar-refractivity contribution in [3.05, 3.63) is 134 Å². The van der Waals surface area contributed by atoms with Gasteiger partial charge in [-0.3, -0.25) is 0 Å². The Balaban J connectivity index is 0.000000312. The van der Waals surface area contributed by atoms with E-state index in [1.54, 1.807) is 0 Å². The van der Waals surface area contributed by atoms with Crippen LogP contribution in [0.25, 0.3) is 0 Å². The molecule has 0 bridgehead atoms. The molecule has 1 heteroatoms. The van der Waals surface area contributed by atoms with Crippen molar-refractivity contribution in [3.8, 4) is 0 Å². The van der Waals surface area contributed by atoms with Crippen LogP contribution in [0.2, 0.25) is 0 Å². The van der Waals surface area contributed by atoms with Crippen molar-refractivity contribution in [2.75, 3.05) is 0 Å². The van der Waals surface area contributed by atoms with Gasteiger partial charge < -0.3 is 0 Å². The van der Waals surface area contributed by atoms with Crippen molar-refractivity contribution < 1.29 is 22.4 Å². The third kappa shape index (κ3) is 16.1. The van der Waals surface area contributed by atoms with Gasteiger partial charge in [0, 0.05) is 22.4 Å². The van der Waals surface area contributed by atoms with Gasteiger partial charge in [-0.15, -0.1) is 24.3 Å². The van der Waals surface area contributed by atoms with Crippen LogP contribution < -0.4 is 0 Å². The fraction of sp³-hybridized carbons (Fsp3) is 0. The molecule has 0 unspecified atom stereocenters. The smallest absolute Gasteiger partial charge is 0 e. The average Bonchev–Trinajstić information content (AvgIpc) is 2.49. The minimum absolute atomic E-state index is 0. The van der Waals surface area contributed by atoms with E-state index >= 15 is 0 Å². The van der Waals surface area contributed by atoms with E-state index in [2.05, 4.69) is 18.2 Å². The van der Waals surface area contributed by atoms with E-state index < -0.39 is 0 Å². The summed E-state index contributed by atoms with van der Waals surface area (Å²) >= 11 is 0. The summed E-state index contributed by atoms with van der Waals surface area (Å²) in [6.07, 6.45) is 33.0. The van der Waals surface area contributed by atoms with Gasteiger partial charge in [-0.2, -0.15) is 97.2 Å². The van der Waals surface area contributed by atoms with Crippen LogP contribution in [-0.2, 0) is 22.4 Å². The molecule has 0 nitrogen and oxygen atoms in total. The molecule has 0 amide bonds. The molecule has 2 aliphatic rings. The molecule has 1 aromatic carbocycles. The van der Waals surface area contributed by atoms with Crippen molar-refractivity contribution in [2.45, 2.75) is 0 Å². The second-order valence-electron chi connectivity index (χ2n) is 4.00. The first-order chi connectivity index (χ1) is 11.0. The van der Waals surface area contributed by atoms with E-state index in [0.29, 0.717) is 0 Å². The van der Waals surface area contributed by atoms with Crippen LogP contribution in [0.5, 0.6) is 0 Å². The molecule has 0 fully saturated rings. The van der Waals surface area contributed by atoms with Crippen LogP contribution in [0.1, 0.15) is 0 Å². The summed E-state index contributed by atoms with van der Waals surface area (Å²) in [4.78, 5) is 0. The minimum atomic E-state index is 0. The quantitative estimate of drug-likeness (QED) is 0.443. The maximum Gasteiger partial charge on any atom is 0 e. The van der Waals surface area contributed by atoms with Crippen molar-refractivity contribution in [1.82, 2.24) is 0 Å². The molecule has 0 aliphatic heterocycles. The van der Waals surface area contributed by atoms with E-state index in [1.165, 1.54) is 0 Å². The Morgan fingerprint density at radius 3 is 1.26 bits per heavy atom. The van der Waals surface area contributed by atoms with Crippen LogP contribution in [-0.4, -0.2) is 0 Å². The van der Waals surface area contributed by atoms with Gasteiger partial charge in [0.2, 0.25) is 0 Å². The molecule has 0 saturated heterocycles. The topological polar surface area (TPSA) is 0 Å². The fourth-order valence-corrected chi connectivity index (χ4v) is 1.28. The fourth-order valence-electron chi connectivity index (χ4n) is 1.28. The molecule has 0 atom stereocenters. The summed E-state index contributed by atoms with van der Waals surface area (Å²) in [6, 6.07) is 12.5. The van der Waals surface area contributed by atoms with Gasteiger partial charge in [0.15, 0.2) is 0 Å². The average molecular weight is 464 g/mol. The van der Waals surface area contributed by atoms with E-state index in [-0.39, 0.29) is 22.4 Å². The van der Waals surface area contributed by atoms with Crippen molar-refractivity contribution >= 4 is 0 Å². The van der Waals surface area contributed by atoms with Gasteiger partial charge in [0.25, 0.3) is 0 Å². The molecule has 1 radical (unpaired) electrons. The number of hydrogen-bond acceptors (Lipinski definition) is 0. The molecule has 115 valence electrons. The largest absolute Gasteiger partial charge is 0.184 e. The Morgan fingerprint density at radius 2 is 0.870 bits per heavy atom. The van der Waals surface area contributed by atoms with Gasteiger partial charge in [-0.25, -0.2) is 0 Å². The van der Waals surface area contributed by atoms with Crippen molar-refractivity contribution in [2.24, 2.45) is 0 Å². The zero-order valence-electron chi connectivity index (χ0n) is 12.9. The van der Waals surface area contributed by atoms with Crippen LogP contribution >= 0.6 is 0 Å². The summed E-state index contributed by atoms with van der Waals surface area (Å²) in [5, 5.41) is 0. The Morgan fingerprint density at radius 1 is 0.435 bits per heavy atom. The first-order valence-electron chi connectivity index (χ1n) is 7.07. The Kier molecular flexibility index (Phi) is 16.3. The maximum atomic E-state index is 2.94. The number of allylic oxidation sites excluding steroid dienone is 16. The maximum absolute atomic E-state index is 2.94. The Bertz CT molecular complexity index is 415. The number of hydrogen-bond donors (Lipinski definition) is 0. The number of benzene rings is 1.